The van der Waals surface area contributed by atoms with E-state index in [1.165, 1.54) is 12.4 Å². The highest BCUT2D eigenvalue weighted by Gasteiger charge is 2.24. The van der Waals surface area contributed by atoms with E-state index in [1.54, 1.807) is 24.5 Å². The van der Waals surface area contributed by atoms with Crippen LogP contribution in [0.1, 0.15) is 23.2 Å². The first-order valence-corrected chi connectivity index (χ1v) is 8.51. The Balaban J connectivity index is 0.00000210. The van der Waals surface area contributed by atoms with E-state index in [4.69, 9.17) is 5.73 Å². The zero-order valence-electron chi connectivity index (χ0n) is 14.5. The third-order valence-electron chi connectivity index (χ3n) is 4.58. The molecule has 1 aliphatic heterocycles. The molecule has 0 aliphatic carbocycles. The molecule has 3 aromatic rings. The molecule has 4 heterocycles. The summed E-state index contributed by atoms with van der Waals surface area (Å²) in [6, 6.07) is 3.35. The minimum absolute atomic E-state index is 0. The summed E-state index contributed by atoms with van der Waals surface area (Å²) in [5.41, 5.74) is 7.91. The third kappa shape index (κ3) is 3.72. The van der Waals surface area contributed by atoms with Gasteiger partial charge < -0.3 is 20.9 Å². The van der Waals surface area contributed by atoms with Crippen LogP contribution in [0, 0.1) is 5.82 Å². The van der Waals surface area contributed by atoms with E-state index in [9.17, 15) is 9.18 Å². The lowest BCUT2D eigenvalue weighted by molar-refractivity contribution is 0.102. The molecule has 0 radical (unpaired) electrons. The average Bonchev–Trinajstić information content (AvgIpc) is 3.05. The largest absolute Gasteiger partial charge is 0.367 e. The van der Waals surface area contributed by atoms with E-state index in [0.29, 0.717) is 41.1 Å². The molecule has 4 N–H and O–H groups in total. The number of halogens is 2. The Kier molecular flexibility index (Phi) is 5.57. The highest BCUT2D eigenvalue weighted by atomic mass is 35.5. The molecule has 1 unspecified atom stereocenters. The number of nitrogens with two attached hydrogens (primary N) is 1. The minimum atomic E-state index is -0.428. The van der Waals surface area contributed by atoms with Crippen LogP contribution in [0.3, 0.4) is 0 Å². The van der Waals surface area contributed by atoms with Crippen LogP contribution >= 0.6 is 12.4 Å². The number of aromatic nitrogens is 3. The molecule has 9 heteroatoms. The lowest BCUT2D eigenvalue weighted by Crippen LogP contribution is -2.43. The summed E-state index contributed by atoms with van der Waals surface area (Å²) >= 11 is 0. The molecule has 1 atom stereocenters. The minimum Gasteiger partial charge on any atom is -0.367 e. The molecule has 1 amide bonds. The standard InChI is InChI=1S/C18H19FN6O.ClH/c19-13-8-22-17-15(16(13)25-6-2-4-12(20)10-25)14(9-23-17)24-18(26)11-3-1-5-21-7-11;/h1,3,5,7-9,12H,2,4,6,10,20H2,(H,22,23)(H,24,26);1H. The molecule has 1 saturated heterocycles. The maximum Gasteiger partial charge on any atom is 0.257 e. The smallest absolute Gasteiger partial charge is 0.257 e. The van der Waals surface area contributed by atoms with Gasteiger partial charge in [-0.15, -0.1) is 12.4 Å². The summed E-state index contributed by atoms with van der Waals surface area (Å²) in [5.74, 6) is -0.743. The Morgan fingerprint density at radius 2 is 2.26 bits per heavy atom. The maximum absolute atomic E-state index is 14.7. The van der Waals surface area contributed by atoms with Crippen molar-refractivity contribution in [3.8, 4) is 0 Å². The van der Waals surface area contributed by atoms with E-state index in [1.807, 2.05) is 4.90 Å². The second-order valence-corrected chi connectivity index (χ2v) is 6.42. The average molecular weight is 391 g/mol. The Morgan fingerprint density at radius 1 is 1.41 bits per heavy atom. The van der Waals surface area contributed by atoms with Crippen LogP contribution in [0.5, 0.6) is 0 Å². The number of nitrogens with one attached hydrogen (secondary N) is 2. The van der Waals surface area contributed by atoms with Gasteiger partial charge in [0.1, 0.15) is 5.65 Å². The van der Waals surface area contributed by atoms with Crippen molar-refractivity contribution in [2.75, 3.05) is 23.3 Å². The molecule has 0 bridgehead atoms. The predicted octanol–water partition coefficient (Wildman–Crippen LogP) is 2.70. The van der Waals surface area contributed by atoms with E-state index in [-0.39, 0.29) is 24.4 Å². The fourth-order valence-electron chi connectivity index (χ4n) is 3.37. The first kappa shape index (κ1) is 19.1. The van der Waals surface area contributed by atoms with E-state index in [2.05, 4.69) is 20.3 Å². The van der Waals surface area contributed by atoms with Gasteiger partial charge in [-0.2, -0.15) is 0 Å². The Hall–Kier alpha value is -2.71. The lowest BCUT2D eigenvalue weighted by Gasteiger charge is -2.33. The lowest BCUT2D eigenvalue weighted by atomic mass is 10.1. The molecule has 3 aromatic heterocycles. The normalized spacial score (nSPS) is 16.8. The summed E-state index contributed by atoms with van der Waals surface area (Å²) in [5, 5.41) is 3.38. The molecule has 27 heavy (non-hydrogen) atoms. The monoisotopic (exact) mass is 390 g/mol. The van der Waals surface area contributed by atoms with Crippen molar-refractivity contribution in [2.24, 2.45) is 5.73 Å². The molecular weight excluding hydrogens is 371 g/mol. The fraction of sp³-hybridized carbons (Fsp3) is 0.278. The first-order valence-electron chi connectivity index (χ1n) is 8.51. The van der Waals surface area contributed by atoms with Crippen molar-refractivity contribution in [1.29, 1.82) is 0 Å². The van der Waals surface area contributed by atoms with Gasteiger partial charge in [0.05, 0.1) is 28.5 Å². The van der Waals surface area contributed by atoms with Gasteiger partial charge in [-0.25, -0.2) is 9.37 Å². The number of rotatable bonds is 3. The van der Waals surface area contributed by atoms with Crippen LogP contribution in [0.2, 0.25) is 0 Å². The van der Waals surface area contributed by atoms with Gasteiger partial charge in [0.25, 0.3) is 5.91 Å². The van der Waals surface area contributed by atoms with Crippen LogP contribution in [-0.4, -0.2) is 40.0 Å². The zero-order valence-corrected chi connectivity index (χ0v) is 15.3. The number of fused-ring (bicyclic) bond motifs is 1. The van der Waals surface area contributed by atoms with Crippen LogP contribution in [0.4, 0.5) is 15.8 Å². The molecule has 0 saturated carbocycles. The Bertz CT molecular complexity index is 948. The number of pyridine rings is 2. The molecule has 4 rings (SSSR count). The molecule has 0 aromatic carbocycles. The highest BCUT2D eigenvalue weighted by Crippen LogP contribution is 2.35. The number of nitrogens with zero attached hydrogens (tertiary/aromatic N) is 3. The predicted molar refractivity (Wildman–Crippen MR) is 105 cm³/mol. The number of hydrogen-bond acceptors (Lipinski definition) is 5. The number of H-pyrrole nitrogens is 1. The van der Waals surface area contributed by atoms with Crippen LogP contribution < -0.4 is 16.0 Å². The SMILES string of the molecule is Cl.NC1CCCN(c2c(F)cnc3[nH]cc(NC(=O)c4cccnc4)c23)C1. The number of aromatic amines is 1. The number of hydrogen-bond donors (Lipinski definition) is 3. The molecule has 7 nitrogen and oxygen atoms in total. The van der Waals surface area contributed by atoms with Crippen LogP contribution in [-0.2, 0) is 0 Å². The summed E-state index contributed by atoms with van der Waals surface area (Å²) in [7, 11) is 0. The topological polar surface area (TPSA) is 99.9 Å². The van der Waals surface area contributed by atoms with Gasteiger partial charge in [-0.3, -0.25) is 9.78 Å². The molecule has 1 fully saturated rings. The number of piperidine rings is 1. The van der Waals surface area contributed by atoms with Crippen molar-refractivity contribution in [2.45, 2.75) is 18.9 Å². The molecular formula is C18H20ClFN6O. The number of amides is 1. The van der Waals surface area contributed by atoms with Crippen molar-refractivity contribution in [3.63, 3.8) is 0 Å². The quantitative estimate of drug-likeness (QED) is 0.638. The molecule has 1 aliphatic rings. The Morgan fingerprint density at radius 3 is 3.00 bits per heavy atom. The second-order valence-electron chi connectivity index (χ2n) is 6.42. The summed E-state index contributed by atoms with van der Waals surface area (Å²) in [4.78, 5) is 25.4. The van der Waals surface area contributed by atoms with E-state index in [0.717, 1.165) is 12.8 Å². The van der Waals surface area contributed by atoms with Gasteiger partial charge in [0.2, 0.25) is 0 Å². The fourth-order valence-corrected chi connectivity index (χ4v) is 3.37. The zero-order chi connectivity index (χ0) is 18.1. The number of carbonyl (C=O) groups is 1. The van der Waals surface area contributed by atoms with Gasteiger partial charge in [-0.1, -0.05) is 0 Å². The van der Waals surface area contributed by atoms with Crippen molar-refractivity contribution >= 4 is 40.7 Å². The third-order valence-corrected chi connectivity index (χ3v) is 4.58. The molecule has 0 spiro atoms. The second kappa shape index (κ2) is 7.89. The summed E-state index contributed by atoms with van der Waals surface area (Å²) in [6.45, 7) is 1.28. The Labute approximate surface area is 161 Å². The van der Waals surface area contributed by atoms with Crippen molar-refractivity contribution < 1.29 is 9.18 Å². The van der Waals surface area contributed by atoms with Gasteiger partial charge >= 0.3 is 0 Å². The van der Waals surface area contributed by atoms with Gasteiger partial charge in [0, 0.05) is 37.7 Å². The van der Waals surface area contributed by atoms with E-state index >= 15 is 0 Å². The van der Waals surface area contributed by atoms with Crippen molar-refractivity contribution in [3.05, 3.63) is 48.3 Å². The summed E-state index contributed by atoms with van der Waals surface area (Å²) < 4.78 is 14.7. The van der Waals surface area contributed by atoms with Crippen molar-refractivity contribution in [1.82, 2.24) is 15.0 Å². The number of carbonyl (C=O) groups excluding carboxylic acids is 1. The van der Waals surface area contributed by atoms with Crippen LogP contribution in [0.15, 0.2) is 36.9 Å². The summed E-state index contributed by atoms with van der Waals surface area (Å²) in [6.07, 6.45) is 7.71. The van der Waals surface area contributed by atoms with E-state index < -0.39 is 5.82 Å². The molecule has 142 valence electrons. The number of anilines is 2. The maximum atomic E-state index is 14.7. The van der Waals surface area contributed by atoms with Gasteiger partial charge in [-0.05, 0) is 25.0 Å². The van der Waals surface area contributed by atoms with Crippen LogP contribution in [0.25, 0.3) is 11.0 Å². The first-order chi connectivity index (χ1) is 12.6. The highest BCUT2D eigenvalue weighted by molar-refractivity contribution is 6.11. The van der Waals surface area contributed by atoms with Gasteiger partial charge in [0.15, 0.2) is 5.82 Å².